The Morgan fingerprint density at radius 3 is 2.50 bits per heavy atom. The van der Waals surface area contributed by atoms with E-state index in [1.54, 1.807) is 49.5 Å². The van der Waals surface area contributed by atoms with Crippen molar-refractivity contribution in [1.82, 2.24) is 19.7 Å². The smallest absolute Gasteiger partial charge is 0.416 e. The number of carbonyl (C=O) groups excluding carboxylic acids is 1. The number of ether oxygens (including phenoxy) is 1. The average molecular weight is 492 g/mol. The van der Waals surface area contributed by atoms with Crippen LogP contribution in [0.25, 0.3) is 22.5 Å². The van der Waals surface area contributed by atoms with Crippen LogP contribution in [0.2, 0.25) is 0 Å². The van der Waals surface area contributed by atoms with Gasteiger partial charge in [0.15, 0.2) is 0 Å². The Labute approximate surface area is 203 Å². The third-order valence-electron chi connectivity index (χ3n) is 5.88. The molecule has 0 radical (unpaired) electrons. The van der Waals surface area contributed by atoms with E-state index in [1.807, 2.05) is 4.57 Å². The Morgan fingerprint density at radius 1 is 1.06 bits per heavy atom. The number of ketones is 1. The molecule has 0 saturated heterocycles. The van der Waals surface area contributed by atoms with Crippen molar-refractivity contribution in [3.63, 3.8) is 0 Å². The minimum Gasteiger partial charge on any atom is -0.497 e. The Balaban J connectivity index is 1.57. The molecule has 5 aromatic rings. The molecule has 0 fully saturated rings. The molecule has 0 atom stereocenters. The van der Waals surface area contributed by atoms with Gasteiger partial charge in [0.2, 0.25) is 0 Å². The summed E-state index contributed by atoms with van der Waals surface area (Å²) < 4.78 is 51.8. The number of carbonyl (C=O) groups is 1. The van der Waals surface area contributed by atoms with Gasteiger partial charge in [-0.1, -0.05) is 18.2 Å². The molecule has 182 valence electrons. The Bertz CT molecular complexity index is 1560. The fourth-order valence-corrected chi connectivity index (χ4v) is 4.08. The van der Waals surface area contributed by atoms with Gasteiger partial charge in [-0.2, -0.15) is 13.2 Å². The molecular weight excluding hydrogens is 473 g/mol. The Hall–Kier alpha value is -4.47. The summed E-state index contributed by atoms with van der Waals surface area (Å²) in [6, 6.07) is 15.4. The number of halogens is 3. The van der Waals surface area contributed by atoms with Crippen molar-refractivity contribution in [3.05, 3.63) is 95.1 Å². The number of aromatic nitrogens is 4. The summed E-state index contributed by atoms with van der Waals surface area (Å²) >= 11 is 0. The summed E-state index contributed by atoms with van der Waals surface area (Å²) in [5, 5.41) is 8.49. The minimum atomic E-state index is -4.41. The van der Waals surface area contributed by atoms with E-state index in [1.165, 1.54) is 19.2 Å². The minimum absolute atomic E-state index is 0.114. The predicted octanol–water partition coefficient (Wildman–Crippen LogP) is 5.70. The maximum Gasteiger partial charge on any atom is 0.416 e. The van der Waals surface area contributed by atoms with Crippen LogP contribution < -0.4 is 4.74 Å². The maximum absolute atomic E-state index is 13.6. The van der Waals surface area contributed by atoms with Gasteiger partial charge in [-0.05, 0) is 55.0 Å². The van der Waals surface area contributed by atoms with Crippen molar-refractivity contribution in [2.45, 2.75) is 19.6 Å². The molecule has 5 rings (SSSR count). The molecule has 0 N–H and O–H groups in total. The molecule has 10 heteroatoms. The van der Waals surface area contributed by atoms with Crippen molar-refractivity contribution in [3.8, 4) is 17.3 Å². The first-order chi connectivity index (χ1) is 17.3. The van der Waals surface area contributed by atoms with E-state index < -0.39 is 17.5 Å². The molecule has 0 aliphatic rings. The van der Waals surface area contributed by atoms with Gasteiger partial charge in [0, 0.05) is 29.3 Å². The standard InChI is InChI=1S/C26H19F3N4O3/c1-15-22(23(34)25-32-31-24(36-25)20-5-3-4-12-30-20)19-13-18(35-2)10-11-21(19)33(15)14-16-6-8-17(9-7-16)26(27,28)29/h3-13H,14H2,1-2H3. The van der Waals surface area contributed by atoms with Crippen molar-refractivity contribution in [2.24, 2.45) is 0 Å². The quantitative estimate of drug-likeness (QED) is 0.283. The maximum atomic E-state index is 13.6. The number of fused-ring (bicyclic) bond motifs is 1. The van der Waals surface area contributed by atoms with Crippen molar-refractivity contribution in [1.29, 1.82) is 0 Å². The normalized spacial score (nSPS) is 11.7. The highest BCUT2D eigenvalue weighted by atomic mass is 19.4. The summed E-state index contributed by atoms with van der Waals surface area (Å²) in [5.41, 5.74) is 2.01. The molecular formula is C26H19F3N4O3. The molecule has 0 bridgehead atoms. The highest BCUT2D eigenvalue weighted by Crippen LogP contribution is 2.33. The molecule has 0 aliphatic carbocycles. The van der Waals surface area contributed by atoms with Gasteiger partial charge in [-0.15, -0.1) is 10.2 Å². The number of pyridine rings is 1. The van der Waals surface area contributed by atoms with E-state index in [-0.39, 0.29) is 18.3 Å². The molecule has 0 saturated carbocycles. The van der Waals surface area contributed by atoms with Crippen molar-refractivity contribution in [2.75, 3.05) is 7.11 Å². The molecule has 0 unspecified atom stereocenters. The zero-order chi connectivity index (χ0) is 25.4. The number of nitrogens with zero attached hydrogens (tertiary/aromatic N) is 4. The van der Waals surface area contributed by atoms with Crippen LogP contribution in [-0.4, -0.2) is 32.6 Å². The van der Waals surface area contributed by atoms with E-state index >= 15 is 0 Å². The van der Waals surface area contributed by atoms with Crippen LogP contribution in [0.4, 0.5) is 13.2 Å². The Morgan fingerprint density at radius 2 is 1.83 bits per heavy atom. The lowest BCUT2D eigenvalue weighted by molar-refractivity contribution is -0.137. The van der Waals surface area contributed by atoms with E-state index in [9.17, 15) is 18.0 Å². The molecule has 7 nitrogen and oxygen atoms in total. The van der Waals surface area contributed by atoms with Crippen LogP contribution in [0.3, 0.4) is 0 Å². The topological polar surface area (TPSA) is 83.0 Å². The van der Waals surface area contributed by atoms with Crippen LogP contribution in [0, 0.1) is 6.92 Å². The lowest BCUT2D eigenvalue weighted by Gasteiger charge is -2.11. The highest BCUT2D eigenvalue weighted by Gasteiger charge is 2.30. The zero-order valence-corrected chi connectivity index (χ0v) is 19.2. The fourth-order valence-electron chi connectivity index (χ4n) is 4.08. The van der Waals surface area contributed by atoms with E-state index in [4.69, 9.17) is 9.15 Å². The van der Waals surface area contributed by atoms with Crippen molar-refractivity contribution >= 4 is 16.7 Å². The highest BCUT2D eigenvalue weighted by molar-refractivity contribution is 6.15. The second kappa shape index (κ2) is 8.95. The molecule has 0 spiro atoms. The third kappa shape index (κ3) is 4.21. The number of hydrogen-bond donors (Lipinski definition) is 0. The summed E-state index contributed by atoms with van der Waals surface area (Å²) in [5.74, 6) is -0.0210. The monoisotopic (exact) mass is 492 g/mol. The second-order valence-electron chi connectivity index (χ2n) is 8.08. The number of alkyl halides is 3. The molecule has 3 aromatic heterocycles. The Kier molecular flexibility index (Phi) is 5.79. The van der Waals surface area contributed by atoms with Crippen LogP contribution in [-0.2, 0) is 12.7 Å². The first-order valence-corrected chi connectivity index (χ1v) is 10.9. The van der Waals surface area contributed by atoms with Gasteiger partial charge < -0.3 is 13.7 Å². The zero-order valence-electron chi connectivity index (χ0n) is 19.2. The van der Waals surface area contributed by atoms with Gasteiger partial charge in [-0.3, -0.25) is 9.78 Å². The van der Waals surface area contributed by atoms with Gasteiger partial charge in [0.1, 0.15) is 11.4 Å². The van der Waals surface area contributed by atoms with Gasteiger partial charge >= 0.3 is 6.18 Å². The molecule has 2 aromatic carbocycles. The van der Waals surface area contributed by atoms with Crippen LogP contribution in [0.5, 0.6) is 5.75 Å². The number of hydrogen-bond acceptors (Lipinski definition) is 6. The largest absolute Gasteiger partial charge is 0.497 e. The number of methoxy groups -OCH3 is 1. The lowest BCUT2D eigenvalue weighted by Crippen LogP contribution is -2.08. The van der Waals surface area contributed by atoms with Gasteiger partial charge in [-0.25, -0.2) is 0 Å². The summed E-state index contributed by atoms with van der Waals surface area (Å²) in [6.07, 6.45) is -2.84. The van der Waals surface area contributed by atoms with E-state index in [0.29, 0.717) is 39.2 Å². The van der Waals surface area contributed by atoms with Gasteiger partial charge in [0.05, 0.1) is 18.2 Å². The average Bonchev–Trinajstić information content (AvgIpc) is 3.47. The van der Waals surface area contributed by atoms with Crippen LogP contribution in [0.1, 0.15) is 33.1 Å². The molecule has 3 heterocycles. The first kappa shape index (κ1) is 23.3. The number of rotatable bonds is 6. The molecule has 0 aliphatic heterocycles. The second-order valence-corrected chi connectivity index (χ2v) is 8.08. The first-order valence-electron chi connectivity index (χ1n) is 10.9. The van der Waals surface area contributed by atoms with Crippen LogP contribution in [0.15, 0.2) is 71.3 Å². The summed E-state index contributed by atoms with van der Waals surface area (Å²) in [6.45, 7) is 2.02. The lowest BCUT2D eigenvalue weighted by atomic mass is 10.1. The predicted molar refractivity (Wildman–Crippen MR) is 125 cm³/mol. The fraction of sp³-hybridized carbons (Fsp3) is 0.154. The van der Waals surface area contributed by atoms with E-state index in [0.717, 1.165) is 12.1 Å². The van der Waals surface area contributed by atoms with Gasteiger partial charge in [0.25, 0.3) is 17.6 Å². The SMILES string of the molecule is COc1ccc2c(c1)c(C(=O)c1nnc(-c3ccccn3)o1)c(C)n2Cc1ccc(C(F)(F)F)cc1. The summed E-state index contributed by atoms with van der Waals surface area (Å²) in [4.78, 5) is 17.7. The van der Waals surface area contributed by atoms with Crippen LogP contribution >= 0.6 is 0 Å². The van der Waals surface area contributed by atoms with Crippen molar-refractivity contribution < 1.29 is 27.1 Å². The van der Waals surface area contributed by atoms with E-state index in [2.05, 4.69) is 15.2 Å². The summed E-state index contributed by atoms with van der Waals surface area (Å²) in [7, 11) is 1.52. The molecule has 36 heavy (non-hydrogen) atoms. The molecule has 0 amide bonds. The third-order valence-corrected chi connectivity index (χ3v) is 5.88. The number of benzene rings is 2.